The van der Waals surface area contributed by atoms with Gasteiger partial charge in [0.2, 0.25) is 0 Å². The van der Waals surface area contributed by atoms with Crippen LogP contribution in [0.25, 0.3) is 11.1 Å². The fourth-order valence-electron chi connectivity index (χ4n) is 4.02. The number of ether oxygens (including phenoxy) is 4. The van der Waals surface area contributed by atoms with Crippen molar-refractivity contribution in [3.05, 3.63) is 81.2 Å². The second kappa shape index (κ2) is 13.5. The molecule has 40 heavy (non-hydrogen) atoms. The molecule has 8 nitrogen and oxygen atoms in total. The molecule has 0 amide bonds. The normalized spacial score (nSPS) is 12.1. The minimum Gasteiger partial charge on any atom is -0.495 e. The summed E-state index contributed by atoms with van der Waals surface area (Å²) in [6, 6.07) is 10.5. The van der Waals surface area contributed by atoms with Crippen molar-refractivity contribution in [1.29, 1.82) is 0 Å². The predicted molar refractivity (Wildman–Crippen MR) is 141 cm³/mol. The van der Waals surface area contributed by atoms with Crippen LogP contribution in [0.15, 0.2) is 59.5 Å². The highest BCUT2D eigenvalue weighted by atomic mass is 35.5. The molecule has 0 radical (unpaired) electrons. The SMILES string of the molecule is COCCC(C(=O)Cc1ccc(C(=O)OC)cc1)n1cc(OC)c(-c2cc(Cl)ccc2OCC(F)(F)F)cc1=O. The molecule has 1 heterocycles. The Balaban J connectivity index is 2.00. The maximum absolute atomic E-state index is 13.4. The molecule has 1 unspecified atom stereocenters. The number of Topliss-reactive ketones (excluding diaryl/α,β-unsaturated/α-hetero) is 1. The second-order valence-corrected chi connectivity index (χ2v) is 9.11. The summed E-state index contributed by atoms with van der Waals surface area (Å²) in [4.78, 5) is 38.4. The predicted octanol–water partition coefficient (Wildman–Crippen LogP) is 5.29. The highest BCUT2D eigenvalue weighted by molar-refractivity contribution is 6.31. The molecule has 12 heteroatoms. The molecule has 1 aromatic heterocycles. The van der Waals surface area contributed by atoms with Gasteiger partial charge in [-0.2, -0.15) is 13.2 Å². The van der Waals surface area contributed by atoms with Gasteiger partial charge in [0.1, 0.15) is 11.5 Å². The molecule has 0 saturated heterocycles. The molecular weight excluding hydrogens is 555 g/mol. The molecule has 0 fully saturated rings. The van der Waals surface area contributed by atoms with Crippen LogP contribution in [0.5, 0.6) is 11.5 Å². The van der Waals surface area contributed by atoms with Gasteiger partial charge in [-0.3, -0.25) is 9.59 Å². The van der Waals surface area contributed by atoms with E-state index in [1.54, 1.807) is 12.1 Å². The molecule has 0 spiro atoms. The number of carbonyl (C=O) groups excluding carboxylic acids is 2. The molecule has 3 rings (SSSR count). The van der Waals surface area contributed by atoms with E-state index in [2.05, 4.69) is 4.74 Å². The number of nitrogens with zero attached hydrogens (tertiary/aromatic N) is 1. The van der Waals surface area contributed by atoms with Crippen molar-refractivity contribution in [2.75, 3.05) is 34.5 Å². The molecule has 0 aliphatic carbocycles. The highest BCUT2D eigenvalue weighted by Crippen LogP contribution is 2.38. The van der Waals surface area contributed by atoms with Crippen molar-refractivity contribution in [2.24, 2.45) is 0 Å². The fourth-order valence-corrected chi connectivity index (χ4v) is 4.20. The smallest absolute Gasteiger partial charge is 0.422 e. The summed E-state index contributed by atoms with van der Waals surface area (Å²) in [7, 11) is 4.05. The molecule has 0 aliphatic rings. The minimum absolute atomic E-state index is 0.0456. The van der Waals surface area contributed by atoms with Crippen LogP contribution in [0.2, 0.25) is 5.02 Å². The molecule has 3 aromatic rings. The molecule has 1 atom stereocenters. The molecule has 214 valence electrons. The molecule has 2 aromatic carbocycles. The lowest BCUT2D eigenvalue weighted by Crippen LogP contribution is -2.31. The van der Waals surface area contributed by atoms with Gasteiger partial charge in [-0.1, -0.05) is 23.7 Å². The van der Waals surface area contributed by atoms with Gasteiger partial charge < -0.3 is 23.5 Å². The number of carbonyl (C=O) groups is 2. The lowest BCUT2D eigenvalue weighted by atomic mass is 9.99. The summed E-state index contributed by atoms with van der Waals surface area (Å²) >= 11 is 6.10. The quantitative estimate of drug-likeness (QED) is 0.268. The molecule has 0 aliphatic heterocycles. The third-order valence-electron chi connectivity index (χ3n) is 5.94. The zero-order chi connectivity index (χ0) is 29.4. The Bertz CT molecular complexity index is 1400. The van der Waals surface area contributed by atoms with Crippen LogP contribution in [0.3, 0.4) is 0 Å². The maximum Gasteiger partial charge on any atom is 0.422 e. The van der Waals surface area contributed by atoms with Gasteiger partial charge >= 0.3 is 12.1 Å². The van der Waals surface area contributed by atoms with E-state index in [4.69, 9.17) is 25.8 Å². The monoisotopic (exact) mass is 581 g/mol. The number of methoxy groups -OCH3 is 3. The second-order valence-electron chi connectivity index (χ2n) is 8.67. The van der Waals surface area contributed by atoms with Crippen molar-refractivity contribution in [3.8, 4) is 22.6 Å². The van der Waals surface area contributed by atoms with Crippen molar-refractivity contribution in [1.82, 2.24) is 4.57 Å². The van der Waals surface area contributed by atoms with E-state index in [1.807, 2.05) is 0 Å². The Morgan fingerprint density at radius 3 is 2.25 bits per heavy atom. The summed E-state index contributed by atoms with van der Waals surface area (Å²) in [5.41, 5.74) is 0.587. The Hall–Kier alpha value is -3.83. The summed E-state index contributed by atoms with van der Waals surface area (Å²) < 4.78 is 59.9. The van der Waals surface area contributed by atoms with Crippen LogP contribution in [0, 0.1) is 0 Å². The standard InChI is InChI=1S/C28H27ClF3NO7/c1-37-11-10-22(23(34)12-17-4-6-18(7-5-17)27(36)39-3)33-15-25(38-2)21(14-26(33)35)20-13-19(29)8-9-24(20)40-16-28(30,31)32/h4-9,13-15,22H,10-12,16H2,1-3H3. The summed E-state index contributed by atoms with van der Waals surface area (Å²) in [5, 5.41) is 0.201. The minimum atomic E-state index is -4.58. The average Bonchev–Trinajstić information content (AvgIpc) is 2.92. The summed E-state index contributed by atoms with van der Waals surface area (Å²) in [5.74, 6) is -0.867. The number of halogens is 4. The van der Waals surface area contributed by atoms with E-state index in [-0.39, 0.29) is 52.9 Å². The first-order valence-electron chi connectivity index (χ1n) is 12.0. The highest BCUT2D eigenvalue weighted by Gasteiger charge is 2.29. The third kappa shape index (κ3) is 7.86. The first-order valence-corrected chi connectivity index (χ1v) is 12.3. The number of hydrogen-bond donors (Lipinski definition) is 0. The summed E-state index contributed by atoms with van der Waals surface area (Å²) in [6.07, 6.45) is -3.14. The average molecular weight is 582 g/mol. The largest absolute Gasteiger partial charge is 0.495 e. The van der Waals surface area contributed by atoms with Crippen LogP contribution < -0.4 is 15.0 Å². The van der Waals surface area contributed by atoms with E-state index in [0.717, 1.165) is 6.07 Å². The zero-order valence-electron chi connectivity index (χ0n) is 21.9. The Morgan fingerprint density at radius 2 is 1.65 bits per heavy atom. The number of esters is 1. The number of benzene rings is 2. The van der Waals surface area contributed by atoms with E-state index in [9.17, 15) is 27.6 Å². The number of aromatic nitrogens is 1. The lowest BCUT2D eigenvalue weighted by Gasteiger charge is -2.21. The van der Waals surface area contributed by atoms with Gasteiger partial charge in [-0.15, -0.1) is 0 Å². The van der Waals surface area contributed by atoms with Gasteiger partial charge in [0.25, 0.3) is 5.56 Å². The number of rotatable bonds is 12. The van der Waals surface area contributed by atoms with E-state index < -0.39 is 30.4 Å². The van der Waals surface area contributed by atoms with Crippen LogP contribution in [0.1, 0.15) is 28.4 Å². The summed E-state index contributed by atoms with van der Waals surface area (Å²) in [6.45, 7) is -1.38. The Labute approximate surface area is 233 Å². The molecule has 0 saturated carbocycles. The van der Waals surface area contributed by atoms with Crippen molar-refractivity contribution < 1.29 is 41.7 Å². The fraction of sp³-hybridized carbons (Fsp3) is 0.321. The van der Waals surface area contributed by atoms with Crippen LogP contribution in [-0.2, 0) is 20.7 Å². The third-order valence-corrected chi connectivity index (χ3v) is 6.18. The first kappa shape index (κ1) is 30.7. The van der Waals surface area contributed by atoms with Crippen molar-refractivity contribution in [3.63, 3.8) is 0 Å². The Kier molecular flexibility index (Phi) is 10.4. The Morgan fingerprint density at radius 1 is 0.975 bits per heavy atom. The van der Waals surface area contributed by atoms with Crippen molar-refractivity contribution >= 4 is 23.4 Å². The van der Waals surface area contributed by atoms with E-state index in [0.29, 0.717) is 11.1 Å². The number of pyridine rings is 1. The number of ketones is 1. The van der Waals surface area contributed by atoms with Gasteiger partial charge in [0.15, 0.2) is 12.4 Å². The lowest BCUT2D eigenvalue weighted by molar-refractivity contribution is -0.153. The van der Waals surface area contributed by atoms with Gasteiger partial charge in [0, 0.05) is 42.4 Å². The van der Waals surface area contributed by atoms with Gasteiger partial charge in [-0.05, 0) is 42.3 Å². The zero-order valence-corrected chi connectivity index (χ0v) is 22.7. The molecular formula is C28H27ClF3NO7. The number of hydrogen-bond acceptors (Lipinski definition) is 7. The van der Waals surface area contributed by atoms with Crippen LogP contribution in [-0.4, -0.2) is 57.0 Å². The maximum atomic E-state index is 13.4. The van der Waals surface area contributed by atoms with E-state index in [1.165, 1.54) is 62.4 Å². The van der Waals surface area contributed by atoms with Gasteiger partial charge in [0.05, 0.1) is 32.0 Å². The van der Waals surface area contributed by atoms with Crippen LogP contribution in [0.4, 0.5) is 13.2 Å². The van der Waals surface area contributed by atoms with Gasteiger partial charge in [-0.25, -0.2) is 4.79 Å². The van der Waals surface area contributed by atoms with Crippen LogP contribution >= 0.6 is 11.6 Å². The molecule has 0 bridgehead atoms. The number of alkyl halides is 3. The molecule has 0 N–H and O–H groups in total. The first-order chi connectivity index (χ1) is 19.0. The van der Waals surface area contributed by atoms with E-state index >= 15 is 0 Å². The van der Waals surface area contributed by atoms with Crippen molar-refractivity contribution in [2.45, 2.75) is 25.1 Å². The topological polar surface area (TPSA) is 93.1 Å².